The zero-order valence-electron chi connectivity index (χ0n) is 17.2. The van der Waals surface area contributed by atoms with Crippen LogP contribution < -0.4 is 5.32 Å². The minimum absolute atomic E-state index is 0.0211. The molecule has 1 fully saturated rings. The molecule has 0 saturated heterocycles. The second-order valence-corrected chi connectivity index (χ2v) is 7.05. The highest BCUT2D eigenvalue weighted by Crippen LogP contribution is 2.54. The first-order chi connectivity index (χ1) is 15.3. The number of nitrogens with one attached hydrogen (secondary N) is 1. The molecule has 0 aliphatic heterocycles. The fraction of sp³-hybridized carbons (Fsp3) is 0.368. The molecule has 1 heterocycles. The SMILES string of the molecule is C=O.C=O.CNC(=O)c1ncn(C2CC2C(F)(F)F)c1Cl.Cc1cc(C(F)(F)F)ccc1Cl. The van der Waals surface area contributed by atoms with Gasteiger partial charge in [0.25, 0.3) is 5.91 Å². The fourth-order valence-electron chi connectivity index (χ4n) is 2.51. The summed E-state index contributed by atoms with van der Waals surface area (Å²) < 4.78 is 74.5. The smallest absolute Gasteiger partial charge is 0.354 e. The van der Waals surface area contributed by atoms with E-state index in [4.69, 9.17) is 32.8 Å². The summed E-state index contributed by atoms with van der Waals surface area (Å²) in [6.45, 7) is 5.54. The number of carbonyl (C=O) groups excluding carboxylic acids is 3. The largest absolute Gasteiger partial charge is 0.416 e. The van der Waals surface area contributed by atoms with Crippen molar-refractivity contribution < 1.29 is 40.7 Å². The van der Waals surface area contributed by atoms with Crippen LogP contribution in [0.25, 0.3) is 0 Å². The van der Waals surface area contributed by atoms with Gasteiger partial charge in [-0.25, -0.2) is 4.98 Å². The number of aryl methyl sites for hydroxylation is 1. The van der Waals surface area contributed by atoms with Gasteiger partial charge in [0, 0.05) is 18.1 Å². The van der Waals surface area contributed by atoms with Gasteiger partial charge in [-0.2, -0.15) is 26.3 Å². The Kier molecular flexibility index (Phi) is 11.6. The molecule has 184 valence electrons. The van der Waals surface area contributed by atoms with Crippen LogP contribution in [0.2, 0.25) is 10.2 Å². The molecule has 0 radical (unpaired) electrons. The molecule has 1 saturated carbocycles. The molecule has 1 aliphatic rings. The number of carbonyl (C=O) groups is 3. The lowest BCUT2D eigenvalue weighted by Crippen LogP contribution is -2.19. The lowest BCUT2D eigenvalue weighted by atomic mass is 10.1. The van der Waals surface area contributed by atoms with Crippen molar-refractivity contribution in [3.05, 3.63) is 51.5 Å². The number of hydrogen-bond donors (Lipinski definition) is 1. The molecule has 0 spiro atoms. The Morgan fingerprint density at radius 1 is 1.12 bits per heavy atom. The van der Waals surface area contributed by atoms with Gasteiger partial charge in [-0.3, -0.25) is 4.79 Å². The number of hydrogen-bond acceptors (Lipinski definition) is 4. The van der Waals surface area contributed by atoms with Gasteiger partial charge in [0.1, 0.15) is 18.7 Å². The maximum absolute atomic E-state index is 12.4. The number of imidazole rings is 1. The van der Waals surface area contributed by atoms with Crippen molar-refractivity contribution in [3.63, 3.8) is 0 Å². The highest BCUT2D eigenvalue weighted by molar-refractivity contribution is 6.32. The predicted octanol–water partition coefficient (Wildman–Crippen LogP) is 5.32. The second-order valence-electron chi connectivity index (χ2n) is 6.28. The van der Waals surface area contributed by atoms with E-state index in [1.54, 1.807) is 0 Å². The first kappa shape index (κ1) is 30.4. The van der Waals surface area contributed by atoms with Crippen molar-refractivity contribution in [1.29, 1.82) is 0 Å². The van der Waals surface area contributed by atoms with Crippen molar-refractivity contribution in [2.75, 3.05) is 7.05 Å². The Labute approximate surface area is 194 Å². The van der Waals surface area contributed by atoms with E-state index in [0.29, 0.717) is 10.6 Å². The van der Waals surface area contributed by atoms with E-state index in [0.717, 1.165) is 12.1 Å². The summed E-state index contributed by atoms with van der Waals surface area (Å²) in [5.74, 6) is -1.91. The molecule has 1 N–H and O–H groups in total. The Morgan fingerprint density at radius 2 is 1.67 bits per heavy atom. The molecule has 3 rings (SSSR count). The molecule has 0 bridgehead atoms. The normalized spacial score (nSPS) is 16.7. The molecule has 6 nitrogen and oxygen atoms in total. The monoisotopic (exact) mass is 521 g/mol. The van der Waals surface area contributed by atoms with E-state index in [1.807, 2.05) is 13.6 Å². The van der Waals surface area contributed by atoms with Crippen LogP contribution in [0.1, 0.15) is 34.1 Å². The third-order valence-electron chi connectivity index (χ3n) is 4.20. The summed E-state index contributed by atoms with van der Waals surface area (Å²) in [5, 5.41) is 2.61. The maximum Gasteiger partial charge on any atom is 0.416 e. The third-order valence-corrected chi connectivity index (χ3v) is 4.99. The molecular formula is C19H19Cl2F6N3O3. The average Bonchev–Trinajstić information content (AvgIpc) is 3.48. The molecule has 1 aromatic carbocycles. The van der Waals surface area contributed by atoms with Crippen LogP contribution in [0.5, 0.6) is 0 Å². The van der Waals surface area contributed by atoms with E-state index in [1.165, 1.54) is 30.9 Å². The van der Waals surface area contributed by atoms with E-state index in [-0.39, 0.29) is 17.3 Å². The Bertz CT molecular complexity index is 932. The molecule has 14 heteroatoms. The fourth-order valence-corrected chi connectivity index (χ4v) is 2.93. The Balaban J connectivity index is 0.000000564. The second kappa shape index (κ2) is 12.6. The summed E-state index contributed by atoms with van der Waals surface area (Å²) >= 11 is 11.4. The standard InChI is InChI=1S/C9H9ClF3N3O.C8H6ClF3.2CH2O/c1-14-8(17)6-7(10)16(3-15-6)5-2-4(5)9(11,12)13;1-5-4-6(8(10,11)12)2-3-7(5)9;2*1-2/h3-5H,2H2,1H3,(H,14,17);2-4H,1H3;2*1H2. The zero-order chi connectivity index (χ0) is 26.1. The topological polar surface area (TPSA) is 81.1 Å². The molecule has 2 atom stereocenters. The van der Waals surface area contributed by atoms with E-state index in [9.17, 15) is 31.1 Å². The van der Waals surface area contributed by atoms with Gasteiger partial charge in [0.05, 0.1) is 17.8 Å². The maximum atomic E-state index is 12.4. The van der Waals surface area contributed by atoms with Crippen LogP contribution >= 0.6 is 23.2 Å². The summed E-state index contributed by atoms with van der Waals surface area (Å²) in [6.07, 6.45) is -7.36. The number of alkyl halides is 6. The summed E-state index contributed by atoms with van der Waals surface area (Å²) in [5.41, 5.74) is -0.280. The van der Waals surface area contributed by atoms with Gasteiger partial charge in [-0.1, -0.05) is 23.2 Å². The average molecular weight is 522 g/mol. The first-order valence-electron chi connectivity index (χ1n) is 8.69. The third kappa shape index (κ3) is 8.35. The number of rotatable bonds is 2. The summed E-state index contributed by atoms with van der Waals surface area (Å²) in [4.78, 5) is 31.0. The first-order valence-corrected chi connectivity index (χ1v) is 9.45. The lowest BCUT2D eigenvalue weighted by molar-refractivity contribution is -0.150. The minimum Gasteiger partial charge on any atom is -0.354 e. The quantitative estimate of drug-likeness (QED) is 0.542. The summed E-state index contributed by atoms with van der Waals surface area (Å²) in [6, 6.07) is 2.51. The van der Waals surface area contributed by atoms with E-state index in [2.05, 4.69) is 10.3 Å². The molecule has 33 heavy (non-hydrogen) atoms. The summed E-state index contributed by atoms with van der Waals surface area (Å²) in [7, 11) is 1.40. The molecule has 1 aliphatic carbocycles. The van der Waals surface area contributed by atoms with E-state index < -0.39 is 35.8 Å². The Morgan fingerprint density at radius 3 is 2.06 bits per heavy atom. The highest BCUT2D eigenvalue weighted by atomic mass is 35.5. The van der Waals surface area contributed by atoms with Gasteiger partial charge in [0.15, 0.2) is 5.69 Å². The van der Waals surface area contributed by atoms with Gasteiger partial charge in [0.2, 0.25) is 0 Å². The number of amides is 1. The Hall–Kier alpha value is -2.60. The van der Waals surface area contributed by atoms with Crippen molar-refractivity contribution in [2.24, 2.45) is 5.92 Å². The van der Waals surface area contributed by atoms with Crippen LogP contribution in [0.3, 0.4) is 0 Å². The molecule has 1 aromatic heterocycles. The van der Waals surface area contributed by atoms with Crippen LogP contribution in [0.15, 0.2) is 24.5 Å². The predicted molar refractivity (Wildman–Crippen MR) is 109 cm³/mol. The van der Waals surface area contributed by atoms with E-state index >= 15 is 0 Å². The van der Waals surface area contributed by atoms with Gasteiger partial charge >= 0.3 is 12.4 Å². The number of nitrogens with zero attached hydrogens (tertiary/aromatic N) is 2. The molecule has 2 unspecified atom stereocenters. The lowest BCUT2D eigenvalue weighted by Gasteiger charge is -2.07. The highest BCUT2D eigenvalue weighted by Gasteiger charge is 2.57. The zero-order valence-corrected chi connectivity index (χ0v) is 18.7. The molecular weight excluding hydrogens is 503 g/mol. The number of halogens is 8. The van der Waals surface area contributed by atoms with Crippen LogP contribution in [-0.2, 0) is 15.8 Å². The number of aromatic nitrogens is 2. The van der Waals surface area contributed by atoms with Gasteiger partial charge < -0.3 is 19.5 Å². The van der Waals surface area contributed by atoms with Crippen molar-refractivity contribution >= 4 is 42.7 Å². The van der Waals surface area contributed by atoms with Gasteiger partial charge in [-0.05, 0) is 37.1 Å². The van der Waals surface area contributed by atoms with Crippen molar-refractivity contribution in [1.82, 2.24) is 14.9 Å². The minimum atomic E-state index is -4.28. The molecule has 2 aromatic rings. The van der Waals surface area contributed by atoms with Crippen LogP contribution in [0.4, 0.5) is 26.3 Å². The van der Waals surface area contributed by atoms with Crippen molar-refractivity contribution in [3.8, 4) is 0 Å². The molecule has 1 amide bonds. The van der Waals surface area contributed by atoms with Crippen molar-refractivity contribution in [2.45, 2.75) is 31.7 Å². The van der Waals surface area contributed by atoms with Crippen LogP contribution in [0, 0.1) is 12.8 Å². The van der Waals surface area contributed by atoms with Crippen LogP contribution in [-0.4, -0.2) is 42.3 Å². The van der Waals surface area contributed by atoms with Gasteiger partial charge in [-0.15, -0.1) is 0 Å². The number of benzene rings is 1.